The normalized spacial score (nSPS) is 11.0. The molecule has 0 N–H and O–H groups in total. The van der Waals surface area contributed by atoms with E-state index in [-0.39, 0.29) is 0 Å². The molecular formula is C53H35N7. The van der Waals surface area contributed by atoms with Gasteiger partial charge in [-0.25, -0.2) is 29.9 Å². The minimum Gasteiger partial charge on any atom is -0.255 e. The van der Waals surface area contributed by atoms with Crippen LogP contribution in [0.25, 0.3) is 102 Å². The van der Waals surface area contributed by atoms with Crippen LogP contribution in [0.3, 0.4) is 0 Å². The highest BCUT2D eigenvalue weighted by Crippen LogP contribution is 2.34. The molecule has 0 aliphatic heterocycles. The molecule has 0 amide bonds. The Hall–Kier alpha value is -8.29. The van der Waals surface area contributed by atoms with Crippen molar-refractivity contribution in [3.63, 3.8) is 0 Å². The molecule has 7 nitrogen and oxygen atoms in total. The van der Waals surface area contributed by atoms with Gasteiger partial charge in [0.25, 0.3) is 0 Å². The maximum atomic E-state index is 5.20. The van der Waals surface area contributed by atoms with Gasteiger partial charge >= 0.3 is 0 Å². The molecule has 0 unspecified atom stereocenters. The van der Waals surface area contributed by atoms with Crippen LogP contribution in [0.1, 0.15) is 0 Å². The van der Waals surface area contributed by atoms with E-state index in [1.807, 2.05) is 127 Å². The van der Waals surface area contributed by atoms with Crippen LogP contribution in [-0.2, 0) is 0 Å². The number of rotatable bonds is 9. The molecule has 5 aromatic heterocycles. The number of aromatic nitrogens is 7. The molecule has 0 radical (unpaired) electrons. The third-order valence-corrected chi connectivity index (χ3v) is 10.2. The maximum absolute atomic E-state index is 5.20. The predicted octanol–water partition coefficient (Wildman–Crippen LogP) is 12.5. The summed E-state index contributed by atoms with van der Waals surface area (Å²) in [5, 5.41) is 0. The third kappa shape index (κ3) is 7.71. The van der Waals surface area contributed by atoms with E-state index in [4.69, 9.17) is 29.9 Å². The van der Waals surface area contributed by atoms with Crippen LogP contribution in [-0.4, -0.2) is 34.9 Å². The minimum atomic E-state index is 0.630. The minimum absolute atomic E-state index is 0.630. The molecule has 0 fully saturated rings. The first-order chi connectivity index (χ1) is 29.7. The van der Waals surface area contributed by atoms with E-state index in [0.29, 0.717) is 34.4 Å². The summed E-state index contributed by atoms with van der Waals surface area (Å²) in [7, 11) is 0. The highest BCUT2D eigenvalue weighted by atomic mass is 14.9. The van der Waals surface area contributed by atoms with Crippen LogP contribution >= 0.6 is 0 Å². The summed E-state index contributed by atoms with van der Waals surface area (Å²) in [5.74, 6) is 1.27. The fraction of sp³-hybridized carbons (Fsp3) is 0. The summed E-state index contributed by atoms with van der Waals surface area (Å²) in [4.78, 5) is 35.2. The van der Waals surface area contributed by atoms with Crippen molar-refractivity contribution in [1.29, 1.82) is 0 Å². The molecule has 5 aromatic carbocycles. The van der Waals surface area contributed by atoms with E-state index >= 15 is 0 Å². The highest BCUT2D eigenvalue weighted by molar-refractivity contribution is 5.79. The smallest absolute Gasteiger partial charge is 0.160 e. The Balaban J connectivity index is 1.09. The van der Waals surface area contributed by atoms with Gasteiger partial charge in [0, 0.05) is 34.0 Å². The van der Waals surface area contributed by atoms with Crippen molar-refractivity contribution in [3.8, 4) is 102 Å². The molecule has 0 aliphatic carbocycles. The van der Waals surface area contributed by atoms with Gasteiger partial charge in [0.15, 0.2) is 11.6 Å². The second-order valence-corrected chi connectivity index (χ2v) is 14.2. The van der Waals surface area contributed by atoms with Crippen molar-refractivity contribution in [1.82, 2.24) is 34.9 Å². The van der Waals surface area contributed by atoms with Crippen LogP contribution in [0.5, 0.6) is 0 Å². The Morgan fingerprint density at radius 1 is 0.200 bits per heavy atom. The van der Waals surface area contributed by atoms with E-state index in [9.17, 15) is 0 Å². The fourth-order valence-corrected chi connectivity index (χ4v) is 7.17. The first-order valence-corrected chi connectivity index (χ1v) is 19.7. The fourth-order valence-electron chi connectivity index (χ4n) is 7.17. The lowest BCUT2D eigenvalue weighted by atomic mass is 10.00. The highest BCUT2D eigenvalue weighted by Gasteiger charge is 2.16. The van der Waals surface area contributed by atoms with E-state index < -0.39 is 0 Å². The SMILES string of the molecule is c1ccc(-c2cc(-c3ccccc3)nc(-c3cccc(-c4cc(-c5ccccn5)nc(-c5cccc(-c6cc(-c7ccccc7)nc(-c7ccccc7)n6)n5)c4)c3)n2)cc1. The molecule has 5 heterocycles. The predicted molar refractivity (Wildman–Crippen MR) is 240 cm³/mol. The van der Waals surface area contributed by atoms with Crippen molar-refractivity contribution in [3.05, 3.63) is 212 Å². The van der Waals surface area contributed by atoms with Gasteiger partial charge in [-0.1, -0.05) is 152 Å². The zero-order valence-electron chi connectivity index (χ0n) is 32.3. The summed E-state index contributed by atoms with van der Waals surface area (Å²) < 4.78 is 0. The number of benzene rings is 5. The molecule has 7 heteroatoms. The van der Waals surface area contributed by atoms with Gasteiger partial charge in [0.2, 0.25) is 0 Å². The first kappa shape index (κ1) is 36.1. The van der Waals surface area contributed by atoms with Crippen LogP contribution < -0.4 is 0 Å². The van der Waals surface area contributed by atoms with Crippen LogP contribution in [0, 0.1) is 0 Å². The van der Waals surface area contributed by atoms with E-state index in [0.717, 1.165) is 67.4 Å². The summed E-state index contributed by atoms with van der Waals surface area (Å²) >= 11 is 0. The Morgan fingerprint density at radius 2 is 0.583 bits per heavy atom. The number of hydrogen-bond acceptors (Lipinski definition) is 7. The average molecular weight is 770 g/mol. The van der Waals surface area contributed by atoms with Crippen molar-refractivity contribution >= 4 is 0 Å². The van der Waals surface area contributed by atoms with Crippen molar-refractivity contribution in [2.24, 2.45) is 0 Å². The van der Waals surface area contributed by atoms with Gasteiger partial charge in [-0.15, -0.1) is 0 Å². The topological polar surface area (TPSA) is 90.2 Å². The molecular weight excluding hydrogens is 735 g/mol. The standard InChI is InChI=1S/C53H35N7/c1-5-17-36(18-6-1)46-34-47(37-19-7-2-8-20-37)59-53(58-46)41-26-15-25-40(31-41)42-32-49(43-27-13-14-30-54-43)56-50(33-42)44-28-16-29-45(55-44)51-35-48(38-21-9-3-10-22-38)57-52(60-51)39-23-11-4-12-24-39/h1-35H. The lowest BCUT2D eigenvalue weighted by Gasteiger charge is -2.13. The number of hydrogen-bond donors (Lipinski definition) is 0. The van der Waals surface area contributed by atoms with Crippen LogP contribution in [0.15, 0.2) is 212 Å². The van der Waals surface area contributed by atoms with E-state index in [1.54, 1.807) is 6.20 Å². The monoisotopic (exact) mass is 769 g/mol. The van der Waals surface area contributed by atoms with Gasteiger partial charge < -0.3 is 0 Å². The molecule has 10 rings (SSSR count). The van der Waals surface area contributed by atoms with Crippen molar-refractivity contribution in [2.45, 2.75) is 0 Å². The molecule has 0 saturated heterocycles. The summed E-state index contributed by atoms with van der Waals surface area (Å²) in [6.45, 7) is 0. The largest absolute Gasteiger partial charge is 0.255 e. The van der Waals surface area contributed by atoms with E-state index in [1.165, 1.54) is 0 Å². The lowest BCUT2D eigenvalue weighted by molar-refractivity contribution is 1.16. The average Bonchev–Trinajstić information content (AvgIpc) is 3.35. The Kier molecular flexibility index (Phi) is 9.79. The zero-order valence-corrected chi connectivity index (χ0v) is 32.3. The third-order valence-electron chi connectivity index (χ3n) is 10.2. The van der Waals surface area contributed by atoms with Gasteiger partial charge in [0.05, 0.1) is 51.2 Å². The molecule has 10 aromatic rings. The van der Waals surface area contributed by atoms with Gasteiger partial charge in [0.1, 0.15) is 0 Å². The number of nitrogens with zero attached hydrogens (tertiary/aromatic N) is 7. The van der Waals surface area contributed by atoms with Crippen LogP contribution in [0.2, 0.25) is 0 Å². The number of pyridine rings is 3. The molecule has 282 valence electrons. The second-order valence-electron chi connectivity index (χ2n) is 14.2. The Morgan fingerprint density at radius 3 is 1.13 bits per heavy atom. The zero-order chi connectivity index (χ0) is 40.1. The Bertz CT molecular complexity index is 2770. The molecule has 0 aliphatic rings. The van der Waals surface area contributed by atoms with E-state index in [2.05, 4.69) is 83.8 Å². The molecule has 0 spiro atoms. The molecule has 0 atom stereocenters. The first-order valence-electron chi connectivity index (χ1n) is 19.7. The maximum Gasteiger partial charge on any atom is 0.160 e. The molecule has 60 heavy (non-hydrogen) atoms. The van der Waals surface area contributed by atoms with Gasteiger partial charge in [-0.2, -0.15) is 0 Å². The van der Waals surface area contributed by atoms with Crippen molar-refractivity contribution in [2.75, 3.05) is 0 Å². The van der Waals surface area contributed by atoms with Gasteiger partial charge in [-0.05, 0) is 65.7 Å². The lowest BCUT2D eigenvalue weighted by Crippen LogP contribution is -1.99. The second kappa shape index (κ2) is 16.3. The molecule has 0 bridgehead atoms. The Labute approximate surface area is 347 Å². The quantitative estimate of drug-likeness (QED) is 0.144. The summed E-state index contributed by atoms with van der Waals surface area (Å²) in [6, 6.07) is 69.0. The molecule has 0 saturated carbocycles. The van der Waals surface area contributed by atoms with Crippen molar-refractivity contribution < 1.29 is 0 Å². The summed E-state index contributed by atoms with van der Waals surface area (Å²) in [6.07, 6.45) is 1.79. The van der Waals surface area contributed by atoms with Gasteiger partial charge in [-0.3, -0.25) is 4.98 Å². The van der Waals surface area contributed by atoms with Crippen LogP contribution in [0.4, 0.5) is 0 Å². The summed E-state index contributed by atoms with van der Waals surface area (Å²) in [5.41, 5.74) is 13.7.